The van der Waals surface area contributed by atoms with Gasteiger partial charge < -0.3 is 9.64 Å². The fraction of sp³-hybridized carbons (Fsp3) is 0.900. The molecule has 0 aromatic carbocycles. The van der Waals surface area contributed by atoms with Crippen LogP contribution in [0.3, 0.4) is 0 Å². The molecular formula is C20H37NO3S2. The van der Waals surface area contributed by atoms with E-state index in [9.17, 15) is 9.59 Å². The van der Waals surface area contributed by atoms with Crippen LogP contribution in [0.15, 0.2) is 0 Å². The van der Waals surface area contributed by atoms with Crippen molar-refractivity contribution >= 4 is 33.3 Å². The number of ether oxygens (including phenoxy) is 1. The Bertz CT molecular complexity index is 405. The number of methoxy groups -OCH3 is 1. The molecule has 1 heterocycles. The lowest BCUT2D eigenvalue weighted by Gasteiger charge is -2.24. The van der Waals surface area contributed by atoms with Gasteiger partial charge in [-0.25, -0.2) is 0 Å². The van der Waals surface area contributed by atoms with Gasteiger partial charge in [0.2, 0.25) is 5.91 Å². The lowest BCUT2D eigenvalue weighted by atomic mass is 10.0. The molecule has 0 bridgehead atoms. The molecule has 0 saturated carbocycles. The molecule has 1 aliphatic heterocycles. The van der Waals surface area contributed by atoms with Gasteiger partial charge in [-0.2, -0.15) is 0 Å². The third kappa shape index (κ3) is 10.2. The Hall–Kier alpha value is -0.200. The molecule has 0 N–H and O–H groups in total. The number of carbonyl (C=O) groups excluding carboxylic acids is 2. The smallest absolute Gasteiger partial charge is 0.222 e. The summed E-state index contributed by atoms with van der Waals surface area (Å²) >= 11 is 0. The predicted octanol–water partition coefficient (Wildman–Crippen LogP) is 4.96. The van der Waals surface area contributed by atoms with Gasteiger partial charge in [0.1, 0.15) is 5.78 Å². The maximum atomic E-state index is 12.3. The van der Waals surface area contributed by atoms with Crippen molar-refractivity contribution in [3.63, 3.8) is 0 Å². The van der Waals surface area contributed by atoms with Crippen molar-refractivity contribution < 1.29 is 14.3 Å². The Morgan fingerprint density at radius 3 is 2.42 bits per heavy atom. The second kappa shape index (κ2) is 14.8. The van der Waals surface area contributed by atoms with Crippen molar-refractivity contribution in [2.24, 2.45) is 5.92 Å². The standard InChI is InChI=1S/C20H37NO3S2/c1-17(2)19(22)11-6-4-5-7-14-25-26-15-9-12-20(23)21-13-8-10-18(21)16-24-3/h17-18H,4-16H2,1-3H3. The first kappa shape index (κ1) is 23.8. The molecule has 1 atom stereocenters. The monoisotopic (exact) mass is 403 g/mol. The highest BCUT2D eigenvalue weighted by atomic mass is 33.1. The van der Waals surface area contributed by atoms with Gasteiger partial charge in [0.05, 0.1) is 12.6 Å². The van der Waals surface area contributed by atoms with Crippen LogP contribution in [0.2, 0.25) is 0 Å². The third-order valence-corrected chi connectivity index (χ3v) is 7.38. The number of Topliss-reactive ketones (excluding diaryl/α,β-unsaturated/α-hetero) is 1. The summed E-state index contributed by atoms with van der Waals surface area (Å²) in [6.45, 7) is 5.53. The van der Waals surface area contributed by atoms with E-state index in [2.05, 4.69) is 0 Å². The molecule has 1 rings (SSSR count). The molecule has 26 heavy (non-hydrogen) atoms. The van der Waals surface area contributed by atoms with Gasteiger partial charge in [-0.1, -0.05) is 48.3 Å². The van der Waals surface area contributed by atoms with Crippen LogP contribution in [-0.2, 0) is 14.3 Å². The van der Waals surface area contributed by atoms with E-state index in [1.807, 2.05) is 40.3 Å². The number of hydrogen-bond donors (Lipinski definition) is 0. The van der Waals surface area contributed by atoms with Crippen LogP contribution >= 0.6 is 21.6 Å². The Balaban J connectivity index is 1.90. The Morgan fingerprint density at radius 2 is 1.73 bits per heavy atom. The van der Waals surface area contributed by atoms with Crippen LogP contribution in [0.5, 0.6) is 0 Å². The Labute approximate surface area is 168 Å². The lowest BCUT2D eigenvalue weighted by molar-refractivity contribution is -0.132. The van der Waals surface area contributed by atoms with E-state index in [1.165, 1.54) is 18.6 Å². The van der Waals surface area contributed by atoms with Crippen molar-refractivity contribution in [3.8, 4) is 0 Å². The molecule has 0 spiro atoms. The quantitative estimate of drug-likeness (QED) is 0.286. The summed E-state index contributed by atoms with van der Waals surface area (Å²) in [7, 11) is 5.52. The van der Waals surface area contributed by atoms with Gasteiger partial charge in [0.15, 0.2) is 0 Å². The van der Waals surface area contributed by atoms with Gasteiger partial charge in [-0.05, 0) is 32.1 Å². The minimum atomic E-state index is 0.185. The molecule has 1 amide bonds. The molecule has 1 saturated heterocycles. The van der Waals surface area contributed by atoms with Crippen molar-refractivity contribution in [2.45, 2.75) is 77.7 Å². The summed E-state index contributed by atoms with van der Waals surface area (Å²) in [6.07, 6.45) is 9.20. The summed E-state index contributed by atoms with van der Waals surface area (Å²) < 4.78 is 5.22. The number of carbonyl (C=O) groups is 2. The highest BCUT2D eigenvalue weighted by molar-refractivity contribution is 8.76. The molecule has 152 valence electrons. The van der Waals surface area contributed by atoms with Crippen LogP contribution in [0.4, 0.5) is 0 Å². The largest absolute Gasteiger partial charge is 0.383 e. The zero-order chi connectivity index (χ0) is 19.2. The highest BCUT2D eigenvalue weighted by Crippen LogP contribution is 2.25. The summed E-state index contributed by atoms with van der Waals surface area (Å²) in [5, 5.41) is 0. The first-order valence-corrected chi connectivity index (χ1v) is 12.6. The molecule has 1 aliphatic rings. The molecule has 4 nitrogen and oxygen atoms in total. The average Bonchev–Trinajstić information content (AvgIpc) is 3.07. The minimum Gasteiger partial charge on any atom is -0.383 e. The van der Waals surface area contributed by atoms with Crippen LogP contribution < -0.4 is 0 Å². The van der Waals surface area contributed by atoms with E-state index in [0.29, 0.717) is 30.8 Å². The fourth-order valence-electron chi connectivity index (χ4n) is 3.18. The normalized spacial score (nSPS) is 17.2. The molecule has 0 aromatic heterocycles. The molecule has 6 heteroatoms. The van der Waals surface area contributed by atoms with Crippen LogP contribution in [0.25, 0.3) is 0 Å². The second-order valence-corrected chi connectivity index (χ2v) is 10.1. The number of hydrogen-bond acceptors (Lipinski definition) is 5. The molecule has 0 aliphatic carbocycles. The second-order valence-electron chi connectivity index (χ2n) is 7.37. The summed E-state index contributed by atoms with van der Waals surface area (Å²) in [4.78, 5) is 25.8. The van der Waals surface area contributed by atoms with Gasteiger partial charge in [-0.15, -0.1) is 0 Å². The highest BCUT2D eigenvalue weighted by Gasteiger charge is 2.27. The number of amides is 1. The van der Waals surface area contributed by atoms with Crippen molar-refractivity contribution in [3.05, 3.63) is 0 Å². The maximum absolute atomic E-state index is 12.3. The van der Waals surface area contributed by atoms with E-state index in [0.717, 1.165) is 50.8 Å². The Morgan fingerprint density at radius 1 is 1.04 bits per heavy atom. The zero-order valence-electron chi connectivity index (χ0n) is 16.8. The summed E-state index contributed by atoms with van der Waals surface area (Å²) in [5.41, 5.74) is 0. The average molecular weight is 404 g/mol. The van der Waals surface area contributed by atoms with E-state index < -0.39 is 0 Å². The minimum absolute atomic E-state index is 0.185. The van der Waals surface area contributed by atoms with Crippen molar-refractivity contribution in [1.82, 2.24) is 4.90 Å². The van der Waals surface area contributed by atoms with Gasteiger partial charge in [0.25, 0.3) is 0 Å². The molecule has 1 fully saturated rings. The number of nitrogens with zero attached hydrogens (tertiary/aromatic N) is 1. The van der Waals surface area contributed by atoms with Gasteiger partial charge in [-0.3, -0.25) is 9.59 Å². The Kier molecular flexibility index (Phi) is 13.6. The van der Waals surface area contributed by atoms with E-state index >= 15 is 0 Å². The predicted molar refractivity (Wildman–Crippen MR) is 114 cm³/mol. The molecular weight excluding hydrogens is 366 g/mol. The first-order valence-electron chi connectivity index (χ1n) is 10.1. The first-order chi connectivity index (χ1) is 12.6. The van der Waals surface area contributed by atoms with E-state index in [1.54, 1.807) is 7.11 Å². The number of likely N-dealkylation sites (tertiary alicyclic amines) is 1. The fourth-order valence-corrected chi connectivity index (χ4v) is 5.41. The lowest BCUT2D eigenvalue weighted by Crippen LogP contribution is -2.37. The van der Waals surface area contributed by atoms with Gasteiger partial charge in [0, 0.05) is 43.9 Å². The van der Waals surface area contributed by atoms with Crippen LogP contribution in [0.1, 0.15) is 71.6 Å². The molecule has 0 aromatic rings. The zero-order valence-corrected chi connectivity index (χ0v) is 18.5. The van der Waals surface area contributed by atoms with Gasteiger partial charge >= 0.3 is 0 Å². The number of unbranched alkanes of at least 4 members (excludes halogenated alkanes) is 3. The van der Waals surface area contributed by atoms with E-state index in [4.69, 9.17) is 4.74 Å². The van der Waals surface area contributed by atoms with Crippen molar-refractivity contribution in [1.29, 1.82) is 0 Å². The van der Waals surface area contributed by atoms with Crippen LogP contribution in [-0.4, -0.2) is 54.4 Å². The van der Waals surface area contributed by atoms with Crippen LogP contribution in [0, 0.1) is 5.92 Å². The maximum Gasteiger partial charge on any atom is 0.222 e. The SMILES string of the molecule is COCC1CCCN1C(=O)CCCSSCCCCCCC(=O)C(C)C. The molecule has 0 radical (unpaired) electrons. The van der Waals surface area contributed by atoms with Crippen molar-refractivity contribution in [2.75, 3.05) is 31.8 Å². The topological polar surface area (TPSA) is 46.6 Å². The summed E-state index contributed by atoms with van der Waals surface area (Å²) in [6, 6.07) is 0.297. The summed E-state index contributed by atoms with van der Waals surface area (Å²) in [5.74, 6) is 3.09. The number of rotatable bonds is 15. The molecule has 1 unspecified atom stereocenters. The third-order valence-electron chi connectivity index (χ3n) is 4.80. The van der Waals surface area contributed by atoms with E-state index in [-0.39, 0.29) is 5.92 Å². The number of ketones is 1.